The molecule has 3 aromatic rings. The first-order valence-corrected chi connectivity index (χ1v) is 15.0. The molecule has 1 aromatic heterocycles. The van der Waals surface area contributed by atoms with Crippen molar-refractivity contribution in [3.05, 3.63) is 58.7 Å². The zero-order chi connectivity index (χ0) is 29.2. The number of urea groups is 1. The molecule has 0 unspecified atom stereocenters. The second kappa shape index (κ2) is 12.2. The summed E-state index contributed by atoms with van der Waals surface area (Å²) in [5.41, 5.74) is 9.52. The first-order valence-electron chi connectivity index (χ1n) is 14.6. The Morgan fingerprint density at radius 1 is 1.05 bits per heavy atom. The number of hydrogen-bond donors (Lipinski definition) is 3. The Morgan fingerprint density at radius 3 is 2.57 bits per heavy atom. The molecule has 6 rings (SSSR count). The Balaban J connectivity index is 1.11. The summed E-state index contributed by atoms with van der Waals surface area (Å²) in [5, 5.41) is 11.3. The molecule has 42 heavy (non-hydrogen) atoms. The van der Waals surface area contributed by atoms with Crippen molar-refractivity contribution in [2.75, 3.05) is 38.0 Å². The molecule has 4 amide bonds. The number of para-hydroxylation sites is 1. The molecule has 3 aliphatic rings. The summed E-state index contributed by atoms with van der Waals surface area (Å²) in [6.45, 7) is 2.56. The predicted molar refractivity (Wildman–Crippen MR) is 159 cm³/mol. The number of anilines is 1. The van der Waals surface area contributed by atoms with E-state index in [0.717, 1.165) is 34.1 Å². The van der Waals surface area contributed by atoms with Gasteiger partial charge in [0.25, 0.3) is 5.91 Å². The second-order valence-electron chi connectivity index (χ2n) is 11.4. The van der Waals surface area contributed by atoms with Gasteiger partial charge in [0.05, 0.1) is 16.7 Å². The minimum absolute atomic E-state index is 0.0159. The van der Waals surface area contributed by atoms with E-state index >= 15 is 0 Å². The van der Waals surface area contributed by atoms with Gasteiger partial charge in [0.2, 0.25) is 0 Å². The number of nitrogens with one attached hydrogen (secondary N) is 2. The largest absolute Gasteiger partial charge is 0.436 e. The molecule has 0 aliphatic carbocycles. The molecule has 2 saturated heterocycles. The number of nitrogens with two attached hydrogens (primary N) is 1. The quantitative estimate of drug-likeness (QED) is 0.412. The number of benzene rings is 2. The van der Waals surface area contributed by atoms with Gasteiger partial charge in [-0.15, -0.1) is 0 Å². The number of nitrogens with zero attached hydrogens (tertiary/aromatic N) is 4. The number of carbonyl (C=O) groups excluding carboxylic acids is 3. The van der Waals surface area contributed by atoms with Crippen LogP contribution in [0.1, 0.15) is 36.8 Å². The summed E-state index contributed by atoms with van der Waals surface area (Å²) in [6.07, 6.45) is 3.80. The minimum Gasteiger partial charge on any atom is -0.436 e. The van der Waals surface area contributed by atoms with E-state index in [2.05, 4.69) is 15.5 Å². The number of carbonyl (C=O) groups is 3. The molecular weight excluding hydrogens is 558 g/mol. The van der Waals surface area contributed by atoms with E-state index in [0.29, 0.717) is 63.4 Å². The van der Waals surface area contributed by atoms with Crippen LogP contribution in [0, 0.1) is 0 Å². The normalized spacial score (nSPS) is 19.3. The number of amides is 4. The van der Waals surface area contributed by atoms with Crippen LogP contribution in [0.5, 0.6) is 0 Å². The zero-order valence-corrected chi connectivity index (χ0v) is 24.2. The van der Waals surface area contributed by atoms with Crippen LogP contribution in [0.25, 0.3) is 10.9 Å². The van der Waals surface area contributed by atoms with E-state index in [4.69, 9.17) is 22.1 Å². The molecule has 0 spiro atoms. The SMILES string of the molecule is NC1CCN(C(=O)[C@@H](Cc2cc(Cl)c3[nH]ncc3c2)OC(=O)N2CCC(N3CCc4ccccc4NC3=O)CC2)CC1. The van der Waals surface area contributed by atoms with Gasteiger partial charge in [-0.05, 0) is 61.4 Å². The van der Waals surface area contributed by atoms with Crippen LogP contribution in [0.15, 0.2) is 42.6 Å². The lowest BCUT2D eigenvalue weighted by Crippen LogP contribution is -2.52. The molecule has 2 aromatic carbocycles. The molecule has 12 heteroatoms. The van der Waals surface area contributed by atoms with E-state index in [1.54, 1.807) is 22.1 Å². The summed E-state index contributed by atoms with van der Waals surface area (Å²) in [4.78, 5) is 45.3. The molecule has 0 saturated carbocycles. The van der Waals surface area contributed by atoms with Gasteiger partial charge in [-0.25, -0.2) is 9.59 Å². The summed E-state index contributed by atoms with van der Waals surface area (Å²) < 4.78 is 5.94. The number of ether oxygens (including phenoxy) is 1. The highest BCUT2D eigenvalue weighted by Crippen LogP contribution is 2.27. The summed E-state index contributed by atoms with van der Waals surface area (Å²) in [7, 11) is 0. The fraction of sp³-hybridized carbons (Fsp3) is 0.467. The molecule has 0 bridgehead atoms. The third kappa shape index (κ3) is 6.03. The molecular formula is C30H36ClN7O4. The fourth-order valence-corrected chi connectivity index (χ4v) is 6.49. The summed E-state index contributed by atoms with van der Waals surface area (Å²) in [5.74, 6) is -0.227. The molecule has 4 heterocycles. The van der Waals surface area contributed by atoms with Gasteiger partial charge in [0.15, 0.2) is 6.10 Å². The third-order valence-corrected chi connectivity index (χ3v) is 8.95. The molecule has 0 radical (unpaired) electrons. The van der Waals surface area contributed by atoms with Gasteiger partial charge in [0.1, 0.15) is 0 Å². The Hall–Kier alpha value is -3.83. The Labute approximate surface area is 249 Å². The van der Waals surface area contributed by atoms with Crippen LogP contribution in [0.2, 0.25) is 5.02 Å². The summed E-state index contributed by atoms with van der Waals surface area (Å²) >= 11 is 6.45. The van der Waals surface area contributed by atoms with Gasteiger partial charge in [0, 0.05) is 62.3 Å². The van der Waals surface area contributed by atoms with Crippen LogP contribution in [-0.2, 0) is 22.4 Å². The number of aromatic nitrogens is 2. The number of rotatable bonds is 5. The molecule has 222 valence electrons. The predicted octanol–water partition coefficient (Wildman–Crippen LogP) is 3.77. The molecule has 4 N–H and O–H groups in total. The van der Waals surface area contributed by atoms with Crippen molar-refractivity contribution in [3.63, 3.8) is 0 Å². The first kappa shape index (κ1) is 28.3. The second-order valence-corrected chi connectivity index (χ2v) is 11.8. The summed E-state index contributed by atoms with van der Waals surface area (Å²) in [6, 6.07) is 11.5. The van der Waals surface area contributed by atoms with Crippen LogP contribution in [-0.4, -0.2) is 93.8 Å². The maximum Gasteiger partial charge on any atom is 0.410 e. The molecule has 1 atom stereocenters. The average Bonchev–Trinajstić information content (AvgIpc) is 3.40. The lowest BCUT2D eigenvalue weighted by atomic mass is 10.0. The van der Waals surface area contributed by atoms with Crippen molar-refractivity contribution in [2.24, 2.45) is 5.73 Å². The zero-order valence-electron chi connectivity index (χ0n) is 23.4. The highest BCUT2D eigenvalue weighted by Gasteiger charge is 2.35. The van der Waals surface area contributed by atoms with Gasteiger partial charge in [-0.1, -0.05) is 29.8 Å². The number of hydrogen-bond acceptors (Lipinski definition) is 6. The lowest BCUT2D eigenvalue weighted by molar-refractivity contribution is -0.142. The Morgan fingerprint density at radius 2 is 1.79 bits per heavy atom. The van der Waals surface area contributed by atoms with Crippen LogP contribution >= 0.6 is 11.6 Å². The van der Waals surface area contributed by atoms with Crippen molar-refractivity contribution in [3.8, 4) is 0 Å². The maximum absolute atomic E-state index is 13.6. The van der Waals surface area contributed by atoms with E-state index < -0.39 is 12.2 Å². The molecule has 11 nitrogen and oxygen atoms in total. The van der Waals surface area contributed by atoms with Crippen LogP contribution < -0.4 is 11.1 Å². The van der Waals surface area contributed by atoms with Gasteiger partial charge in [-0.3, -0.25) is 9.89 Å². The van der Waals surface area contributed by atoms with Crippen LogP contribution in [0.4, 0.5) is 15.3 Å². The van der Waals surface area contributed by atoms with E-state index in [9.17, 15) is 14.4 Å². The number of halogens is 1. The average molecular weight is 594 g/mol. The first-order chi connectivity index (χ1) is 20.4. The van der Waals surface area contributed by atoms with Crippen LogP contribution in [0.3, 0.4) is 0 Å². The number of piperidine rings is 2. The van der Waals surface area contributed by atoms with Crippen molar-refractivity contribution in [2.45, 2.75) is 56.7 Å². The number of aromatic amines is 1. The lowest BCUT2D eigenvalue weighted by Gasteiger charge is -2.38. The highest BCUT2D eigenvalue weighted by molar-refractivity contribution is 6.35. The third-order valence-electron chi connectivity index (χ3n) is 8.66. The topological polar surface area (TPSA) is 137 Å². The van der Waals surface area contributed by atoms with Gasteiger partial charge >= 0.3 is 12.1 Å². The Kier molecular flexibility index (Phi) is 8.21. The van der Waals surface area contributed by atoms with E-state index in [1.807, 2.05) is 35.2 Å². The van der Waals surface area contributed by atoms with E-state index in [1.165, 1.54) is 0 Å². The highest BCUT2D eigenvalue weighted by atomic mass is 35.5. The van der Waals surface area contributed by atoms with Crippen molar-refractivity contribution >= 4 is 46.2 Å². The van der Waals surface area contributed by atoms with Crippen molar-refractivity contribution in [1.82, 2.24) is 24.9 Å². The van der Waals surface area contributed by atoms with Crippen molar-refractivity contribution < 1.29 is 19.1 Å². The fourth-order valence-electron chi connectivity index (χ4n) is 6.20. The molecule has 3 aliphatic heterocycles. The smallest absolute Gasteiger partial charge is 0.410 e. The number of H-pyrrole nitrogens is 1. The van der Waals surface area contributed by atoms with Gasteiger partial charge in [-0.2, -0.15) is 5.10 Å². The van der Waals surface area contributed by atoms with E-state index in [-0.39, 0.29) is 30.4 Å². The standard InChI is InChI=1S/C30H36ClN7O4/c31-24-16-19(15-21-18-33-35-27(21)24)17-26(28(39)36-10-6-22(32)7-11-36)42-30(41)37-12-8-23(9-13-37)38-14-5-20-3-1-2-4-25(20)34-29(38)40/h1-4,15-16,18,22-23,26H,5-14,17,32H2,(H,33,35)(H,34,40)/t26-/m1/s1. The monoisotopic (exact) mass is 593 g/mol. The molecule has 2 fully saturated rings. The maximum atomic E-state index is 13.6. The number of likely N-dealkylation sites (tertiary alicyclic amines) is 2. The van der Waals surface area contributed by atoms with Crippen molar-refractivity contribution in [1.29, 1.82) is 0 Å². The van der Waals surface area contributed by atoms with Gasteiger partial charge < -0.3 is 30.5 Å². The number of fused-ring (bicyclic) bond motifs is 2. The minimum atomic E-state index is -1.00. The Bertz CT molecular complexity index is 1460.